The minimum Gasteiger partial charge on any atom is -0.508 e. The lowest BCUT2D eigenvalue weighted by Gasteiger charge is -2.11. The Kier molecular flexibility index (Phi) is 2.79. The number of nitrogens with zero attached hydrogens (tertiary/aromatic N) is 1. The van der Waals surface area contributed by atoms with Gasteiger partial charge in [0.1, 0.15) is 11.5 Å². The highest BCUT2D eigenvalue weighted by Crippen LogP contribution is 2.21. The van der Waals surface area contributed by atoms with Crippen molar-refractivity contribution in [2.75, 3.05) is 0 Å². The van der Waals surface area contributed by atoms with E-state index in [-0.39, 0.29) is 17.0 Å². The molecular formula is C11H15NO2. The third-order valence-corrected chi connectivity index (χ3v) is 1.60. The predicted molar refractivity (Wildman–Crippen MR) is 57.1 cm³/mol. The van der Waals surface area contributed by atoms with Gasteiger partial charge in [-0.15, -0.1) is 0 Å². The first-order chi connectivity index (χ1) is 6.38. The molecule has 0 fully saturated rings. The zero-order valence-electron chi connectivity index (χ0n) is 8.65. The van der Waals surface area contributed by atoms with Crippen molar-refractivity contribution in [3.63, 3.8) is 0 Å². The van der Waals surface area contributed by atoms with Gasteiger partial charge in [-0.1, -0.05) is 0 Å². The summed E-state index contributed by atoms with van der Waals surface area (Å²) in [5.74, 6) is 0.0911. The molecule has 1 rings (SSSR count). The van der Waals surface area contributed by atoms with E-state index >= 15 is 0 Å². The Hall–Kier alpha value is -1.51. The van der Waals surface area contributed by atoms with Gasteiger partial charge in [0, 0.05) is 17.8 Å². The maximum atomic E-state index is 9.44. The van der Waals surface area contributed by atoms with E-state index in [1.165, 1.54) is 12.1 Å². The van der Waals surface area contributed by atoms with Gasteiger partial charge in [-0.2, -0.15) is 0 Å². The molecule has 0 aliphatic rings. The number of hydrogen-bond acceptors (Lipinski definition) is 3. The zero-order chi connectivity index (χ0) is 10.8. The maximum Gasteiger partial charge on any atom is 0.128 e. The summed E-state index contributed by atoms with van der Waals surface area (Å²) >= 11 is 0. The van der Waals surface area contributed by atoms with Gasteiger partial charge >= 0.3 is 0 Å². The van der Waals surface area contributed by atoms with Gasteiger partial charge in [-0.3, -0.25) is 4.99 Å². The topological polar surface area (TPSA) is 52.8 Å². The molecule has 3 heteroatoms. The number of phenolic OH excluding ortho intramolecular Hbond substituents is 2. The van der Waals surface area contributed by atoms with E-state index in [1.807, 2.05) is 20.8 Å². The Morgan fingerprint density at radius 3 is 2.36 bits per heavy atom. The number of rotatable bonds is 1. The van der Waals surface area contributed by atoms with Crippen LogP contribution in [0.1, 0.15) is 26.3 Å². The molecule has 0 unspecified atom stereocenters. The Balaban J connectivity index is 2.93. The van der Waals surface area contributed by atoms with Gasteiger partial charge in [-0.25, -0.2) is 0 Å². The maximum absolute atomic E-state index is 9.44. The first-order valence-electron chi connectivity index (χ1n) is 4.46. The molecule has 3 nitrogen and oxygen atoms in total. The van der Waals surface area contributed by atoms with E-state index in [1.54, 1.807) is 12.3 Å². The van der Waals surface area contributed by atoms with Crippen LogP contribution in [-0.2, 0) is 0 Å². The van der Waals surface area contributed by atoms with Crippen LogP contribution in [0, 0.1) is 0 Å². The quantitative estimate of drug-likeness (QED) is 0.672. The SMILES string of the molecule is CC(C)(C)N=Cc1ccc(O)cc1O. The van der Waals surface area contributed by atoms with Gasteiger partial charge in [0.2, 0.25) is 0 Å². The summed E-state index contributed by atoms with van der Waals surface area (Å²) in [5.41, 5.74) is 0.447. The summed E-state index contributed by atoms with van der Waals surface area (Å²) in [4.78, 5) is 4.25. The predicted octanol–water partition coefficient (Wildman–Crippen LogP) is 2.32. The summed E-state index contributed by atoms with van der Waals surface area (Å²) in [6, 6.07) is 4.44. The standard InChI is InChI=1S/C11H15NO2/c1-11(2,3)12-7-8-4-5-9(13)6-10(8)14/h4-7,13-14H,1-3H3. The lowest BCUT2D eigenvalue weighted by atomic mass is 10.1. The second kappa shape index (κ2) is 3.70. The number of aliphatic imine (C=N–C) groups is 1. The summed E-state index contributed by atoms with van der Waals surface area (Å²) in [5, 5.41) is 18.5. The van der Waals surface area contributed by atoms with Crippen LogP contribution in [0.3, 0.4) is 0 Å². The monoisotopic (exact) mass is 193 g/mol. The van der Waals surface area contributed by atoms with Gasteiger partial charge in [-0.05, 0) is 32.9 Å². The second-order valence-electron chi connectivity index (χ2n) is 4.17. The van der Waals surface area contributed by atoms with Crippen LogP contribution in [0.15, 0.2) is 23.2 Å². The molecule has 0 aromatic heterocycles. The molecule has 76 valence electrons. The zero-order valence-corrected chi connectivity index (χ0v) is 8.65. The molecule has 0 bridgehead atoms. The molecule has 2 N–H and O–H groups in total. The van der Waals surface area contributed by atoms with E-state index in [0.29, 0.717) is 5.56 Å². The molecule has 0 atom stereocenters. The van der Waals surface area contributed by atoms with Crippen molar-refractivity contribution < 1.29 is 10.2 Å². The highest BCUT2D eigenvalue weighted by molar-refractivity contribution is 5.83. The van der Waals surface area contributed by atoms with Crippen molar-refractivity contribution in [1.29, 1.82) is 0 Å². The molecule has 0 saturated carbocycles. The van der Waals surface area contributed by atoms with Gasteiger partial charge in [0.25, 0.3) is 0 Å². The molecule has 0 saturated heterocycles. The van der Waals surface area contributed by atoms with Crippen molar-refractivity contribution in [2.45, 2.75) is 26.3 Å². The van der Waals surface area contributed by atoms with Gasteiger partial charge < -0.3 is 10.2 Å². The largest absolute Gasteiger partial charge is 0.508 e. The number of aromatic hydroxyl groups is 2. The minimum atomic E-state index is -0.162. The molecule has 0 radical (unpaired) electrons. The summed E-state index contributed by atoms with van der Waals surface area (Å²) in [6.45, 7) is 5.92. The average Bonchev–Trinajstić information content (AvgIpc) is 2.00. The molecule has 14 heavy (non-hydrogen) atoms. The number of hydrogen-bond donors (Lipinski definition) is 2. The van der Waals surface area contributed by atoms with Crippen LogP contribution in [0.5, 0.6) is 11.5 Å². The Bertz CT molecular complexity index is 351. The number of phenols is 2. The van der Waals surface area contributed by atoms with E-state index in [4.69, 9.17) is 5.11 Å². The Labute approximate surface area is 83.7 Å². The van der Waals surface area contributed by atoms with Crippen molar-refractivity contribution >= 4 is 6.21 Å². The van der Waals surface area contributed by atoms with Crippen LogP contribution in [0.4, 0.5) is 0 Å². The second-order valence-corrected chi connectivity index (χ2v) is 4.17. The molecular weight excluding hydrogens is 178 g/mol. The summed E-state index contributed by atoms with van der Waals surface area (Å²) in [7, 11) is 0. The highest BCUT2D eigenvalue weighted by atomic mass is 16.3. The normalized spacial score (nSPS) is 12.2. The third-order valence-electron chi connectivity index (χ3n) is 1.60. The molecule has 1 aromatic rings. The van der Waals surface area contributed by atoms with E-state index in [0.717, 1.165) is 0 Å². The fourth-order valence-corrected chi connectivity index (χ4v) is 0.904. The summed E-state index contributed by atoms with van der Waals surface area (Å²) in [6.07, 6.45) is 1.61. The van der Waals surface area contributed by atoms with E-state index in [2.05, 4.69) is 4.99 Å². The summed E-state index contributed by atoms with van der Waals surface area (Å²) < 4.78 is 0. The lowest BCUT2D eigenvalue weighted by molar-refractivity contribution is 0.450. The molecule has 0 spiro atoms. The molecule has 0 heterocycles. The van der Waals surface area contributed by atoms with Crippen LogP contribution in [-0.4, -0.2) is 22.0 Å². The molecule has 1 aromatic carbocycles. The fourth-order valence-electron chi connectivity index (χ4n) is 0.904. The Morgan fingerprint density at radius 1 is 1.21 bits per heavy atom. The fraction of sp³-hybridized carbons (Fsp3) is 0.364. The third kappa shape index (κ3) is 3.09. The Morgan fingerprint density at radius 2 is 1.86 bits per heavy atom. The van der Waals surface area contributed by atoms with E-state index in [9.17, 15) is 5.11 Å². The van der Waals surface area contributed by atoms with Gasteiger partial charge in [0.05, 0.1) is 5.54 Å². The molecule has 0 aliphatic carbocycles. The van der Waals surface area contributed by atoms with Crippen LogP contribution in [0.25, 0.3) is 0 Å². The van der Waals surface area contributed by atoms with Crippen molar-refractivity contribution in [2.24, 2.45) is 4.99 Å². The van der Waals surface area contributed by atoms with Crippen LogP contribution in [0.2, 0.25) is 0 Å². The first-order valence-corrected chi connectivity index (χ1v) is 4.46. The lowest BCUT2D eigenvalue weighted by Crippen LogP contribution is -2.09. The highest BCUT2D eigenvalue weighted by Gasteiger charge is 2.06. The average molecular weight is 193 g/mol. The molecule has 0 aliphatic heterocycles. The molecule has 0 amide bonds. The first kappa shape index (κ1) is 10.6. The smallest absolute Gasteiger partial charge is 0.128 e. The van der Waals surface area contributed by atoms with Crippen molar-refractivity contribution in [3.8, 4) is 11.5 Å². The van der Waals surface area contributed by atoms with E-state index < -0.39 is 0 Å². The van der Waals surface area contributed by atoms with Crippen molar-refractivity contribution in [1.82, 2.24) is 0 Å². The van der Waals surface area contributed by atoms with Crippen LogP contribution >= 0.6 is 0 Å². The minimum absolute atomic E-state index is 0.0398. The van der Waals surface area contributed by atoms with Crippen molar-refractivity contribution in [3.05, 3.63) is 23.8 Å². The van der Waals surface area contributed by atoms with Gasteiger partial charge in [0.15, 0.2) is 0 Å². The number of benzene rings is 1. The van der Waals surface area contributed by atoms with Crippen LogP contribution < -0.4 is 0 Å².